The first-order valence-electron chi connectivity index (χ1n) is 4.25. The van der Waals surface area contributed by atoms with E-state index in [2.05, 4.69) is 15.9 Å². The Labute approximate surface area is 98.4 Å². The van der Waals surface area contributed by atoms with Gasteiger partial charge in [0, 0.05) is 17.7 Å². The molecule has 1 aliphatic carbocycles. The molecular formula is C9H8BrClF2S. The molecule has 0 saturated heterocycles. The average molecular weight is 302 g/mol. The highest BCUT2D eigenvalue weighted by Gasteiger charge is 2.48. The van der Waals surface area contributed by atoms with Gasteiger partial charge in [-0.25, -0.2) is 8.78 Å². The van der Waals surface area contributed by atoms with Crippen molar-refractivity contribution in [1.82, 2.24) is 0 Å². The molecule has 14 heavy (non-hydrogen) atoms. The van der Waals surface area contributed by atoms with Crippen LogP contribution in [-0.2, 0) is 0 Å². The summed E-state index contributed by atoms with van der Waals surface area (Å²) in [5, 5.41) is 0. The quantitative estimate of drug-likeness (QED) is 0.683. The van der Waals surface area contributed by atoms with E-state index < -0.39 is 5.92 Å². The molecule has 2 rings (SSSR count). The predicted molar refractivity (Wildman–Crippen MR) is 58.7 cm³/mol. The molecule has 0 radical (unpaired) electrons. The Hall–Kier alpha value is 0.330. The van der Waals surface area contributed by atoms with E-state index in [0.717, 1.165) is 4.88 Å². The largest absolute Gasteiger partial charge is 0.248 e. The van der Waals surface area contributed by atoms with Gasteiger partial charge in [-0.2, -0.15) is 0 Å². The van der Waals surface area contributed by atoms with Crippen LogP contribution in [0.3, 0.4) is 0 Å². The lowest BCUT2D eigenvalue weighted by Crippen LogP contribution is -2.37. The summed E-state index contributed by atoms with van der Waals surface area (Å²) in [7, 11) is 0. The van der Waals surface area contributed by atoms with Crippen molar-refractivity contribution in [3.05, 3.63) is 21.3 Å². The fourth-order valence-electron chi connectivity index (χ4n) is 1.62. The number of thiophene rings is 1. The minimum absolute atomic E-state index is 0.0154. The number of hydrogen-bond donors (Lipinski definition) is 0. The van der Waals surface area contributed by atoms with Gasteiger partial charge in [0.1, 0.15) is 0 Å². The lowest BCUT2D eigenvalue weighted by atomic mass is 9.79. The lowest BCUT2D eigenvalue weighted by molar-refractivity contribution is -0.109. The lowest BCUT2D eigenvalue weighted by Gasteiger charge is -2.37. The van der Waals surface area contributed by atoms with Gasteiger partial charge in [0.05, 0.1) is 9.16 Å². The van der Waals surface area contributed by atoms with Crippen molar-refractivity contribution in [2.45, 2.75) is 23.6 Å². The standard InChI is InChI=1S/C9H8BrClF2S/c10-8(5-3-9(12,13)4-5)6-1-2-7(11)14-6/h1-2,5,8H,3-4H2. The zero-order valence-electron chi connectivity index (χ0n) is 7.14. The second kappa shape index (κ2) is 3.72. The van der Waals surface area contributed by atoms with Crippen molar-refractivity contribution in [2.24, 2.45) is 5.92 Å². The zero-order chi connectivity index (χ0) is 10.3. The summed E-state index contributed by atoms with van der Waals surface area (Å²) < 4.78 is 26.0. The van der Waals surface area contributed by atoms with Crippen LogP contribution in [0.5, 0.6) is 0 Å². The molecule has 1 aliphatic rings. The van der Waals surface area contributed by atoms with Gasteiger partial charge in [-0.1, -0.05) is 27.5 Å². The van der Waals surface area contributed by atoms with Crippen LogP contribution in [0.1, 0.15) is 22.5 Å². The van der Waals surface area contributed by atoms with Crippen molar-refractivity contribution in [3.63, 3.8) is 0 Å². The fourth-order valence-corrected chi connectivity index (χ4v) is 3.56. The third kappa shape index (κ3) is 2.12. The molecule has 1 unspecified atom stereocenters. The van der Waals surface area contributed by atoms with Gasteiger partial charge in [-0.15, -0.1) is 11.3 Å². The Kier molecular flexibility index (Phi) is 2.88. The first-order valence-corrected chi connectivity index (χ1v) is 6.36. The van der Waals surface area contributed by atoms with E-state index in [0.29, 0.717) is 4.34 Å². The molecule has 1 aromatic heterocycles. The van der Waals surface area contributed by atoms with Crippen molar-refractivity contribution in [3.8, 4) is 0 Å². The molecule has 1 heterocycles. The van der Waals surface area contributed by atoms with E-state index in [-0.39, 0.29) is 23.6 Å². The van der Waals surface area contributed by atoms with E-state index in [9.17, 15) is 8.78 Å². The van der Waals surface area contributed by atoms with E-state index in [4.69, 9.17) is 11.6 Å². The van der Waals surface area contributed by atoms with Gasteiger partial charge >= 0.3 is 0 Å². The molecule has 78 valence electrons. The maximum absolute atomic E-state index is 12.6. The van der Waals surface area contributed by atoms with Crippen LogP contribution in [0.15, 0.2) is 12.1 Å². The Morgan fingerprint density at radius 1 is 1.50 bits per heavy atom. The Morgan fingerprint density at radius 2 is 2.14 bits per heavy atom. The van der Waals surface area contributed by atoms with Crippen molar-refractivity contribution < 1.29 is 8.78 Å². The summed E-state index contributed by atoms with van der Waals surface area (Å²) in [6, 6.07) is 3.69. The maximum Gasteiger partial charge on any atom is 0.248 e. The SMILES string of the molecule is FC1(F)CC(C(Br)c2ccc(Cl)s2)C1. The van der Waals surface area contributed by atoms with Crippen molar-refractivity contribution in [1.29, 1.82) is 0 Å². The molecule has 1 fully saturated rings. The fraction of sp³-hybridized carbons (Fsp3) is 0.556. The van der Waals surface area contributed by atoms with Crippen LogP contribution >= 0.6 is 38.9 Å². The highest BCUT2D eigenvalue weighted by atomic mass is 79.9. The zero-order valence-corrected chi connectivity index (χ0v) is 10.3. The van der Waals surface area contributed by atoms with Gasteiger partial charge in [-0.3, -0.25) is 0 Å². The van der Waals surface area contributed by atoms with E-state index in [1.807, 2.05) is 6.07 Å². The smallest absolute Gasteiger partial charge is 0.207 e. The normalized spacial score (nSPS) is 23.1. The van der Waals surface area contributed by atoms with Gasteiger partial charge in [0.2, 0.25) is 5.92 Å². The molecule has 0 nitrogen and oxygen atoms in total. The maximum atomic E-state index is 12.6. The third-order valence-corrected chi connectivity index (χ3v) is 5.26. The monoisotopic (exact) mass is 300 g/mol. The summed E-state index contributed by atoms with van der Waals surface area (Å²) in [5.41, 5.74) is 0. The second-order valence-electron chi connectivity index (χ2n) is 3.57. The molecule has 0 spiro atoms. The van der Waals surface area contributed by atoms with Gasteiger partial charge in [0.15, 0.2) is 0 Å². The first kappa shape index (κ1) is 10.8. The van der Waals surface area contributed by atoms with Crippen LogP contribution in [-0.4, -0.2) is 5.92 Å². The summed E-state index contributed by atoms with van der Waals surface area (Å²) >= 11 is 10.7. The predicted octanol–water partition coefficient (Wildman–Crippen LogP) is 4.88. The highest BCUT2D eigenvalue weighted by Crippen LogP contribution is 2.52. The summed E-state index contributed by atoms with van der Waals surface area (Å²) in [5.74, 6) is -2.41. The Bertz CT molecular complexity index is 331. The van der Waals surface area contributed by atoms with Crippen molar-refractivity contribution >= 4 is 38.9 Å². The van der Waals surface area contributed by atoms with Crippen LogP contribution in [0.4, 0.5) is 8.78 Å². The molecular weight excluding hydrogens is 294 g/mol. The van der Waals surface area contributed by atoms with Crippen molar-refractivity contribution in [2.75, 3.05) is 0 Å². The molecule has 0 bridgehead atoms. The van der Waals surface area contributed by atoms with Gasteiger partial charge in [0.25, 0.3) is 0 Å². The number of hydrogen-bond acceptors (Lipinski definition) is 1. The van der Waals surface area contributed by atoms with Crippen LogP contribution in [0.25, 0.3) is 0 Å². The summed E-state index contributed by atoms with van der Waals surface area (Å²) in [6.07, 6.45) is -0.0309. The number of halogens is 4. The number of alkyl halides is 3. The highest BCUT2D eigenvalue weighted by molar-refractivity contribution is 9.09. The molecule has 0 amide bonds. The average Bonchev–Trinajstić information content (AvgIpc) is 2.46. The molecule has 1 saturated carbocycles. The summed E-state index contributed by atoms with van der Waals surface area (Å²) in [4.78, 5) is 1.06. The molecule has 0 aromatic carbocycles. The van der Waals surface area contributed by atoms with Crippen LogP contribution in [0.2, 0.25) is 4.34 Å². The topological polar surface area (TPSA) is 0 Å². The molecule has 0 aliphatic heterocycles. The first-order chi connectivity index (χ1) is 6.48. The van der Waals surface area contributed by atoms with E-state index in [1.165, 1.54) is 11.3 Å². The Balaban J connectivity index is 2.00. The summed E-state index contributed by atoms with van der Waals surface area (Å²) in [6.45, 7) is 0. The second-order valence-corrected chi connectivity index (χ2v) is 6.30. The van der Waals surface area contributed by atoms with Crippen LogP contribution < -0.4 is 0 Å². The van der Waals surface area contributed by atoms with Gasteiger partial charge in [-0.05, 0) is 18.1 Å². The van der Waals surface area contributed by atoms with E-state index in [1.54, 1.807) is 6.07 Å². The van der Waals surface area contributed by atoms with E-state index >= 15 is 0 Å². The molecule has 5 heteroatoms. The van der Waals surface area contributed by atoms with Gasteiger partial charge < -0.3 is 0 Å². The minimum atomic E-state index is -2.45. The molecule has 0 N–H and O–H groups in total. The minimum Gasteiger partial charge on any atom is -0.207 e. The third-order valence-electron chi connectivity index (χ3n) is 2.40. The molecule has 1 aromatic rings. The van der Waals surface area contributed by atoms with Crippen LogP contribution in [0, 0.1) is 5.92 Å². The Morgan fingerprint density at radius 3 is 2.57 bits per heavy atom. The molecule has 1 atom stereocenters. The number of rotatable bonds is 2.